The highest BCUT2D eigenvalue weighted by molar-refractivity contribution is 5.85. The number of rotatable bonds is 3. The Kier molecular flexibility index (Phi) is 5.42. The van der Waals surface area contributed by atoms with E-state index in [1.54, 1.807) is 0 Å². The lowest BCUT2D eigenvalue weighted by Gasteiger charge is -2.43. The zero-order valence-corrected chi connectivity index (χ0v) is 24.1. The lowest BCUT2D eigenvalue weighted by molar-refractivity contribution is 0.750. The summed E-state index contributed by atoms with van der Waals surface area (Å²) in [7, 11) is 0. The van der Waals surface area contributed by atoms with Gasteiger partial charge in [-0.15, -0.1) is 0 Å². The molecule has 3 aliphatic carbocycles. The Morgan fingerprint density at radius 1 is 0.533 bits per heavy atom. The number of aromatic nitrogens is 2. The third-order valence-electron chi connectivity index (χ3n) is 9.50. The van der Waals surface area contributed by atoms with Crippen molar-refractivity contribution in [3.8, 4) is 40.3 Å². The molecule has 0 saturated heterocycles. The lowest BCUT2D eigenvalue weighted by atomic mass is 9.59. The minimum absolute atomic E-state index is 0.0680. The fourth-order valence-corrected chi connectivity index (χ4v) is 7.66. The molecule has 0 aliphatic heterocycles. The van der Waals surface area contributed by atoms with Crippen molar-refractivity contribution in [3.63, 3.8) is 0 Å². The highest BCUT2D eigenvalue weighted by atomic mass is 15.1. The molecule has 10 rings (SSSR count). The molecule has 4 nitrogen and oxygen atoms in total. The van der Waals surface area contributed by atoms with E-state index < -0.39 is 0 Å². The van der Waals surface area contributed by atoms with Crippen LogP contribution >= 0.6 is 0 Å². The fourth-order valence-electron chi connectivity index (χ4n) is 7.66. The second-order valence-corrected chi connectivity index (χ2v) is 11.7. The molecule has 0 N–H and O–H groups in total. The second kappa shape index (κ2) is 9.64. The van der Waals surface area contributed by atoms with E-state index in [9.17, 15) is 10.5 Å². The van der Waals surface area contributed by atoms with E-state index in [-0.39, 0.29) is 11.8 Å². The molecule has 2 bridgehead atoms. The molecule has 7 aromatic rings. The molecule has 1 heterocycles. The Hall–Kier alpha value is -6.23. The van der Waals surface area contributed by atoms with Crippen LogP contribution in [0.15, 0.2) is 133 Å². The van der Waals surface area contributed by atoms with Gasteiger partial charge in [-0.25, -0.2) is 4.98 Å². The molecule has 0 amide bonds. The van der Waals surface area contributed by atoms with Gasteiger partial charge in [0.2, 0.25) is 0 Å². The largest absolute Gasteiger partial charge is 0.292 e. The Morgan fingerprint density at radius 2 is 1.18 bits per heavy atom. The van der Waals surface area contributed by atoms with E-state index in [0.717, 1.165) is 61.5 Å². The summed E-state index contributed by atoms with van der Waals surface area (Å²) in [6.07, 6.45) is 0. The van der Waals surface area contributed by atoms with Gasteiger partial charge in [-0.05, 0) is 74.8 Å². The van der Waals surface area contributed by atoms with E-state index in [0.29, 0.717) is 11.1 Å². The predicted octanol–water partition coefficient (Wildman–Crippen LogP) is 9.09. The van der Waals surface area contributed by atoms with Crippen molar-refractivity contribution in [3.05, 3.63) is 178 Å². The van der Waals surface area contributed by atoms with E-state index in [2.05, 4.69) is 102 Å². The number of fused-ring (bicyclic) bond motifs is 1. The van der Waals surface area contributed by atoms with Crippen molar-refractivity contribution in [2.75, 3.05) is 0 Å². The Bertz CT molecular complexity index is 2400. The van der Waals surface area contributed by atoms with Gasteiger partial charge in [0.1, 0.15) is 11.9 Å². The molecule has 208 valence electrons. The number of benzene rings is 6. The number of para-hydroxylation sites is 3. The van der Waals surface area contributed by atoms with Crippen molar-refractivity contribution in [2.24, 2.45) is 0 Å². The Morgan fingerprint density at radius 3 is 1.93 bits per heavy atom. The third kappa shape index (κ3) is 3.54. The summed E-state index contributed by atoms with van der Waals surface area (Å²) in [5.41, 5.74) is 14.2. The summed E-state index contributed by atoms with van der Waals surface area (Å²) < 4.78 is 2.20. The van der Waals surface area contributed by atoms with Crippen LogP contribution in [0.25, 0.3) is 39.2 Å². The quantitative estimate of drug-likeness (QED) is 0.212. The molecule has 3 aliphatic rings. The summed E-state index contributed by atoms with van der Waals surface area (Å²) in [4.78, 5) is 5.02. The SMILES string of the molecule is N#Cc1cccc2c1C1c3ccccc3C2c2c1ccc(-c1ccc(-c3nc4ccccc4n3-c3ccccc3)cc1)c2C#N. The van der Waals surface area contributed by atoms with Gasteiger partial charge in [0, 0.05) is 23.1 Å². The van der Waals surface area contributed by atoms with Crippen LogP contribution in [0.2, 0.25) is 0 Å². The van der Waals surface area contributed by atoms with Crippen LogP contribution in [0, 0.1) is 22.7 Å². The molecule has 0 saturated carbocycles. The molecule has 0 radical (unpaired) electrons. The van der Waals surface area contributed by atoms with Crippen molar-refractivity contribution in [2.45, 2.75) is 11.8 Å². The van der Waals surface area contributed by atoms with Crippen LogP contribution < -0.4 is 0 Å². The normalized spacial score (nSPS) is 15.5. The van der Waals surface area contributed by atoms with Crippen LogP contribution in [0.4, 0.5) is 0 Å². The fraction of sp³-hybridized carbons (Fsp3) is 0.0488. The van der Waals surface area contributed by atoms with E-state index in [4.69, 9.17) is 4.98 Å². The minimum Gasteiger partial charge on any atom is -0.292 e. The number of hydrogen-bond acceptors (Lipinski definition) is 3. The van der Waals surface area contributed by atoms with Gasteiger partial charge in [0.15, 0.2) is 0 Å². The molecule has 4 heteroatoms. The topological polar surface area (TPSA) is 65.4 Å². The first kappa shape index (κ1) is 25.3. The molecule has 0 spiro atoms. The van der Waals surface area contributed by atoms with Crippen molar-refractivity contribution >= 4 is 11.0 Å². The molecular formula is C41H24N4. The summed E-state index contributed by atoms with van der Waals surface area (Å²) in [5, 5.41) is 20.8. The average molecular weight is 573 g/mol. The number of nitriles is 2. The Labute approximate surface area is 260 Å². The van der Waals surface area contributed by atoms with Crippen LogP contribution in [0.1, 0.15) is 56.3 Å². The van der Waals surface area contributed by atoms with Gasteiger partial charge < -0.3 is 0 Å². The van der Waals surface area contributed by atoms with Gasteiger partial charge in [0.25, 0.3) is 0 Å². The molecular weight excluding hydrogens is 548 g/mol. The molecule has 2 atom stereocenters. The Balaban J connectivity index is 1.20. The predicted molar refractivity (Wildman–Crippen MR) is 176 cm³/mol. The molecule has 0 fully saturated rings. The van der Waals surface area contributed by atoms with Crippen molar-refractivity contribution in [1.82, 2.24) is 9.55 Å². The van der Waals surface area contributed by atoms with Crippen LogP contribution in [-0.4, -0.2) is 9.55 Å². The second-order valence-electron chi connectivity index (χ2n) is 11.7. The van der Waals surface area contributed by atoms with Gasteiger partial charge in [-0.3, -0.25) is 4.57 Å². The summed E-state index contributed by atoms with van der Waals surface area (Å²) in [6, 6.07) is 50.7. The van der Waals surface area contributed by atoms with Gasteiger partial charge in [0.05, 0.1) is 28.2 Å². The van der Waals surface area contributed by atoms with Crippen LogP contribution in [0.3, 0.4) is 0 Å². The lowest BCUT2D eigenvalue weighted by Crippen LogP contribution is -2.29. The van der Waals surface area contributed by atoms with E-state index >= 15 is 0 Å². The number of nitrogens with zero attached hydrogens (tertiary/aromatic N) is 4. The van der Waals surface area contributed by atoms with Gasteiger partial charge >= 0.3 is 0 Å². The summed E-state index contributed by atoms with van der Waals surface area (Å²) in [5.74, 6) is 0.712. The summed E-state index contributed by atoms with van der Waals surface area (Å²) >= 11 is 0. The van der Waals surface area contributed by atoms with E-state index in [1.807, 2.05) is 48.5 Å². The maximum absolute atomic E-state index is 10.7. The molecule has 6 aromatic carbocycles. The minimum atomic E-state index is -0.0934. The average Bonchev–Trinajstić information content (AvgIpc) is 3.50. The molecule has 1 aromatic heterocycles. The third-order valence-corrected chi connectivity index (χ3v) is 9.50. The van der Waals surface area contributed by atoms with Crippen LogP contribution in [0.5, 0.6) is 0 Å². The summed E-state index contributed by atoms with van der Waals surface area (Å²) in [6.45, 7) is 0. The first-order valence-electron chi connectivity index (χ1n) is 15.1. The molecule has 2 unspecified atom stereocenters. The zero-order valence-electron chi connectivity index (χ0n) is 24.1. The number of imidazole rings is 1. The van der Waals surface area contributed by atoms with Gasteiger partial charge in [-0.1, -0.05) is 103 Å². The monoisotopic (exact) mass is 572 g/mol. The van der Waals surface area contributed by atoms with Crippen molar-refractivity contribution in [1.29, 1.82) is 10.5 Å². The van der Waals surface area contributed by atoms with E-state index in [1.165, 1.54) is 11.1 Å². The first-order valence-corrected chi connectivity index (χ1v) is 15.1. The maximum Gasteiger partial charge on any atom is 0.145 e. The highest BCUT2D eigenvalue weighted by Crippen LogP contribution is 2.58. The first-order chi connectivity index (χ1) is 22.3. The molecule has 45 heavy (non-hydrogen) atoms. The highest BCUT2D eigenvalue weighted by Gasteiger charge is 2.44. The van der Waals surface area contributed by atoms with Gasteiger partial charge in [-0.2, -0.15) is 10.5 Å². The standard InChI is InChI=1S/C41H24N4/c42-23-27-9-8-14-32-37(27)38-30-12-4-5-13-31(30)39(32)40-33(38)22-21-29(34(40)24-43)25-17-19-26(20-18-25)41-44-35-15-6-7-16-36(35)45(41)28-10-2-1-3-11-28/h1-22,38-39H. The smallest absolute Gasteiger partial charge is 0.145 e. The maximum atomic E-state index is 10.7. The zero-order chi connectivity index (χ0) is 30.1. The van der Waals surface area contributed by atoms with Crippen molar-refractivity contribution < 1.29 is 0 Å². The number of hydrogen-bond donors (Lipinski definition) is 0. The van der Waals surface area contributed by atoms with Crippen LogP contribution in [-0.2, 0) is 0 Å².